The summed E-state index contributed by atoms with van der Waals surface area (Å²) in [5.74, 6) is 0.0913. The molecule has 2 amide bonds. The summed E-state index contributed by atoms with van der Waals surface area (Å²) in [6.07, 6.45) is 0. The molecule has 1 heterocycles. The summed E-state index contributed by atoms with van der Waals surface area (Å²) in [6, 6.07) is 5.83. The smallest absolute Gasteiger partial charge is 0.387 e. The summed E-state index contributed by atoms with van der Waals surface area (Å²) in [6.45, 7) is -2.40. The van der Waals surface area contributed by atoms with Crippen LogP contribution in [-0.4, -0.2) is 19.2 Å². The lowest BCUT2D eigenvalue weighted by Gasteiger charge is -2.11. The molecule has 0 radical (unpaired) electrons. The van der Waals surface area contributed by atoms with Crippen molar-refractivity contribution in [2.24, 2.45) is 0 Å². The van der Waals surface area contributed by atoms with Crippen LogP contribution in [0.5, 0.6) is 5.75 Å². The second kappa shape index (κ2) is 4.34. The van der Waals surface area contributed by atoms with E-state index >= 15 is 0 Å². The minimum absolute atomic E-state index is 0.0913. The van der Waals surface area contributed by atoms with Crippen LogP contribution in [0.3, 0.4) is 0 Å². The number of benzene rings is 1. The van der Waals surface area contributed by atoms with E-state index in [0.717, 1.165) is 5.56 Å². The van der Waals surface area contributed by atoms with Gasteiger partial charge in [-0.1, -0.05) is 12.1 Å². The van der Waals surface area contributed by atoms with Crippen molar-refractivity contribution in [3.8, 4) is 5.75 Å². The van der Waals surface area contributed by atoms with E-state index in [-0.39, 0.29) is 17.8 Å². The highest BCUT2D eigenvalue weighted by molar-refractivity contribution is 5.76. The van der Waals surface area contributed by atoms with Crippen LogP contribution in [0.4, 0.5) is 13.6 Å². The van der Waals surface area contributed by atoms with Crippen molar-refractivity contribution in [3.63, 3.8) is 0 Å². The Labute approximate surface area is 90.6 Å². The van der Waals surface area contributed by atoms with Gasteiger partial charge in [-0.2, -0.15) is 8.78 Å². The van der Waals surface area contributed by atoms with E-state index in [9.17, 15) is 13.6 Å². The van der Waals surface area contributed by atoms with Gasteiger partial charge >= 0.3 is 12.6 Å². The molecule has 86 valence electrons. The molecule has 0 aromatic heterocycles. The maximum absolute atomic E-state index is 12.0. The number of carbonyl (C=O) groups excluding carboxylic acids is 1. The number of ether oxygens (including phenoxy) is 1. The second-order valence-electron chi connectivity index (χ2n) is 3.36. The van der Waals surface area contributed by atoms with E-state index in [1.165, 1.54) is 12.1 Å². The number of nitrogens with one attached hydrogen (secondary N) is 2. The van der Waals surface area contributed by atoms with Crippen molar-refractivity contribution in [1.29, 1.82) is 0 Å². The van der Waals surface area contributed by atoms with Crippen molar-refractivity contribution >= 4 is 6.03 Å². The van der Waals surface area contributed by atoms with Crippen LogP contribution in [0.25, 0.3) is 0 Å². The molecule has 16 heavy (non-hydrogen) atoms. The average Bonchev–Trinajstić information content (AvgIpc) is 2.64. The second-order valence-corrected chi connectivity index (χ2v) is 3.36. The molecule has 4 nitrogen and oxygen atoms in total. The van der Waals surface area contributed by atoms with Gasteiger partial charge in [-0.25, -0.2) is 4.79 Å². The number of rotatable bonds is 3. The first kappa shape index (κ1) is 10.7. The van der Waals surface area contributed by atoms with Gasteiger partial charge in [0.25, 0.3) is 0 Å². The fourth-order valence-electron chi connectivity index (χ4n) is 1.56. The van der Waals surface area contributed by atoms with E-state index in [0.29, 0.717) is 6.54 Å². The molecule has 1 fully saturated rings. The van der Waals surface area contributed by atoms with E-state index in [1.807, 2.05) is 0 Å². The number of hydrogen-bond donors (Lipinski definition) is 2. The Kier molecular flexibility index (Phi) is 2.89. The fourth-order valence-corrected chi connectivity index (χ4v) is 1.56. The highest BCUT2D eigenvalue weighted by atomic mass is 19.3. The van der Waals surface area contributed by atoms with E-state index < -0.39 is 6.61 Å². The van der Waals surface area contributed by atoms with Crippen LogP contribution in [0, 0.1) is 0 Å². The number of halogens is 2. The van der Waals surface area contributed by atoms with Crippen LogP contribution >= 0.6 is 0 Å². The summed E-state index contributed by atoms with van der Waals surface area (Å²) >= 11 is 0. The van der Waals surface area contributed by atoms with Crippen LogP contribution in [0.1, 0.15) is 11.6 Å². The van der Waals surface area contributed by atoms with Crippen molar-refractivity contribution in [1.82, 2.24) is 10.6 Å². The molecule has 1 atom stereocenters. The van der Waals surface area contributed by atoms with Gasteiger partial charge < -0.3 is 15.4 Å². The van der Waals surface area contributed by atoms with Crippen LogP contribution in [-0.2, 0) is 0 Å². The molecule has 2 N–H and O–H groups in total. The van der Waals surface area contributed by atoms with Gasteiger partial charge in [-0.05, 0) is 17.7 Å². The average molecular weight is 228 g/mol. The third-order valence-electron chi connectivity index (χ3n) is 2.26. The largest absolute Gasteiger partial charge is 0.435 e. The third-order valence-corrected chi connectivity index (χ3v) is 2.26. The number of amides is 2. The molecule has 1 aliphatic heterocycles. The van der Waals surface area contributed by atoms with E-state index in [4.69, 9.17) is 0 Å². The number of alkyl halides is 2. The quantitative estimate of drug-likeness (QED) is 0.826. The normalized spacial score (nSPS) is 19.4. The molecule has 1 aromatic rings. The molecule has 0 spiro atoms. The zero-order valence-electron chi connectivity index (χ0n) is 8.24. The Morgan fingerprint density at radius 2 is 2.25 bits per heavy atom. The minimum Gasteiger partial charge on any atom is -0.435 e. The highest BCUT2D eigenvalue weighted by Crippen LogP contribution is 2.21. The first-order valence-electron chi connectivity index (χ1n) is 4.74. The molecule has 1 aromatic carbocycles. The topological polar surface area (TPSA) is 50.4 Å². The summed E-state index contributed by atoms with van der Waals surface area (Å²) in [5.41, 5.74) is 0.733. The van der Waals surface area contributed by atoms with Gasteiger partial charge in [-0.3, -0.25) is 0 Å². The fraction of sp³-hybridized carbons (Fsp3) is 0.300. The standard InChI is InChI=1S/C10H10F2N2O2/c11-9(12)16-7-3-1-2-6(4-7)8-5-13-10(15)14-8/h1-4,8-9H,5H2,(H2,13,14,15)/t8-/m0/s1. The van der Waals surface area contributed by atoms with Crippen molar-refractivity contribution in [3.05, 3.63) is 29.8 Å². The Hall–Kier alpha value is -1.85. The molecule has 0 unspecified atom stereocenters. The minimum atomic E-state index is -2.84. The van der Waals surface area contributed by atoms with Crippen molar-refractivity contribution < 1.29 is 18.3 Å². The molecule has 6 heteroatoms. The zero-order valence-corrected chi connectivity index (χ0v) is 8.24. The zero-order chi connectivity index (χ0) is 11.5. The monoisotopic (exact) mass is 228 g/mol. The number of urea groups is 1. The summed E-state index contributed by atoms with van der Waals surface area (Å²) in [5, 5.41) is 5.25. The van der Waals surface area contributed by atoms with Gasteiger partial charge in [0.1, 0.15) is 5.75 Å². The Morgan fingerprint density at radius 1 is 1.44 bits per heavy atom. The van der Waals surface area contributed by atoms with Gasteiger partial charge in [0.05, 0.1) is 6.04 Å². The number of carbonyl (C=O) groups is 1. The van der Waals surface area contributed by atoms with E-state index in [1.54, 1.807) is 12.1 Å². The third kappa shape index (κ3) is 2.39. The summed E-state index contributed by atoms with van der Waals surface area (Å²) in [7, 11) is 0. The molecule has 0 aliphatic carbocycles. The highest BCUT2D eigenvalue weighted by Gasteiger charge is 2.21. The van der Waals surface area contributed by atoms with E-state index in [2.05, 4.69) is 15.4 Å². The Morgan fingerprint density at radius 3 is 2.88 bits per heavy atom. The molecular formula is C10H10F2N2O2. The van der Waals surface area contributed by atoms with Gasteiger partial charge in [0.2, 0.25) is 0 Å². The number of hydrogen-bond acceptors (Lipinski definition) is 2. The van der Waals surface area contributed by atoms with Crippen LogP contribution in [0.15, 0.2) is 24.3 Å². The molecule has 0 saturated carbocycles. The van der Waals surface area contributed by atoms with Gasteiger partial charge in [0, 0.05) is 6.54 Å². The van der Waals surface area contributed by atoms with Crippen molar-refractivity contribution in [2.75, 3.05) is 6.54 Å². The van der Waals surface area contributed by atoms with Crippen LogP contribution < -0.4 is 15.4 Å². The molecule has 2 rings (SSSR count). The predicted molar refractivity (Wildman–Crippen MR) is 52.3 cm³/mol. The summed E-state index contributed by atoms with van der Waals surface area (Å²) < 4.78 is 28.2. The molecule has 1 saturated heterocycles. The SMILES string of the molecule is O=C1NC[C@@H](c2cccc(OC(F)F)c2)N1. The van der Waals surface area contributed by atoms with Gasteiger partial charge in [-0.15, -0.1) is 0 Å². The van der Waals surface area contributed by atoms with Crippen LogP contribution in [0.2, 0.25) is 0 Å². The first-order valence-corrected chi connectivity index (χ1v) is 4.74. The summed E-state index contributed by atoms with van der Waals surface area (Å²) in [4.78, 5) is 10.9. The lowest BCUT2D eigenvalue weighted by Crippen LogP contribution is -2.21. The molecular weight excluding hydrogens is 218 g/mol. The Balaban J connectivity index is 2.12. The Bertz CT molecular complexity index is 398. The molecule has 1 aliphatic rings. The maximum atomic E-state index is 12.0. The van der Waals surface area contributed by atoms with Gasteiger partial charge in [0.15, 0.2) is 0 Å². The van der Waals surface area contributed by atoms with Crippen molar-refractivity contribution in [2.45, 2.75) is 12.7 Å². The first-order chi connectivity index (χ1) is 7.65. The maximum Gasteiger partial charge on any atom is 0.387 e. The molecule has 0 bridgehead atoms. The lowest BCUT2D eigenvalue weighted by molar-refractivity contribution is -0.0499. The lowest BCUT2D eigenvalue weighted by atomic mass is 10.1. The predicted octanol–water partition coefficient (Wildman–Crippen LogP) is 1.64.